The predicted octanol–water partition coefficient (Wildman–Crippen LogP) is 12.5. The molecule has 0 radical (unpaired) electrons. The molecule has 0 aromatic heterocycles. The minimum Gasteiger partial charge on any atom is -0.0622 e. The normalized spacial score (nSPS) is 13.3. The Kier molecular flexibility index (Phi) is 5.64. The maximum atomic E-state index is 2.38. The summed E-state index contributed by atoms with van der Waals surface area (Å²) in [5, 5.41) is 7.75. The number of hydrogen-bond acceptors (Lipinski definition) is 0. The van der Waals surface area contributed by atoms with Crippen LogP contribution >= 0.6 is 0 Å². The zero-order chi connectivity index (χ0) is 30.1. The highest BCUT2D eigenvalue weighted by Gasteiger charge is 2.38. The minimum atomic E-state index is -0.0924. The zero-order valence-electron chi connectivity index (χ0n) is 25.5. The topological polar surface area (TPSA) is 0 Å². The summed E-state index contributed by atoms with van der Waals surface area (Å²) in [6.45, 7) is 4.77. The molecule has 8 aromatic rings. The minimum absolute atomic E-state index is 0.0924. The van der Waals surface area contributed by atoms with E-state index in [1.165, 1.54) is 88.0 Å². The lowest BCUT2D eigenvalue weighted by Gasteiger charge is -2.23. The number of fused-ring (bicyclic) bond motifs is 7. The molecule has 212 valence electrons. The summed E-state index contributed by atoms with van der Waals surface area (Å²) in [6.07, 6.45) is 0. The Balaban J connectivity index is 1.43. The number of rotatable bonds is 3. The fraction of sp³-hybridized carbons (Fsp3) is 0.0667. The highest BCUT2D eigenvalue weighted by atomic mass is 14.4. The lowest BCUT2D eigenvalue weighted by Crippen LogP contribution is -2.14. The van der Waals surface area contributed by atoms with Crippen molar-refractivity contribution >= 4 is 32.3 Å². The van der Waals surface area contributed by atoms with Crippen LogP contribution in [0.4, 0.5) is 0 Å². The van der Waals surface area contributed by atoms with Gasteiger partial charge in [0, 0.05) is 5.41 Å². The summed E-state index contributed by atoms with van der Waals surface area (Å²) in [4.78, 5) is 0. The Hall–Kier alpha value is -5.46. The summed E-state index contributed by atoms with van der Waals surface area (Å²) in [5.74, 6) is 0. The van der Waals surface area contributed by atoms with E-state index in [1.807, 2.05) is 0 Å². The van der Waals surface area contributed by atoms with Crippen LogP contribution in [0.25, 0.3) is 76.8 Å². The molecule has 0 saturated heterocycles. The summed E-state index contributed by atoms with van der Waals surface area (Å²) >= 11 is 0. The average Bonchev–Trinajstić information content (AvgIpc) is 3.34. The molecule has 0 atom stereocenters. The van der Waals surface area contributed by atoms with Crippen LogP contribution in [0, 0.1) is 0 Å². The van der Waals surface area contributed by atoms with Gasteiger partial charge in [0.2, 0.25) is 0 Å². The van der Waals surface area contributed by atoms with Gasteiger partial charge < -0.3 is 0 Å². The van der Waals surface area contributed by atoms with Crippen LogP contribution in [0.3, 0.4) is 0 Å². The molecule has 0 unspecified atom stereocenters. The van der Waals surface area contributed by atoms with Crippen LogP contribution in [0.2, 0.25) is 0 Å². The molecule has 0 fully saturated rings. The maximum absolute atomic E-state index is 2.38. The van der Waals surface area contributed by atoms with Gasteiger partial charge in [0.1, 0.15) is 0 Å². The van der Waals surface area contributed by atoms with E-state index in [1.54, 1.807) is 0 Å². The van der Waals surface area contributed by atoms with Gasteiger partial charge in [0.05, 0.1) is 0 Å². The molecule has 0 amide bonds. The molecule has 0 nitrogen and oxygen atoms in total. The van der Waals surface area contributed by atoms with Crippen molar-refractivity contribution in [2.45, 2.75) is 19.3 Å². The van der Waals surface area contributed by atoms with Crippen molar-refractivity contribution in [1.29, 1.82) is 0 Å². The first-order chi connectivity index (χ1) is 22.1. The van der Waals surface area contributed by atoms with Gasteiger partial charge in [-0.25, -0.2) is 0 Å². The van der Waals surface area contributed by atoms with E-state index in [-0.39, 0.29) is 5.41 Å². The van der Waals surface area contributed by atoms with Gasteiger partial charge in [-0.15, -0.1) is 0 Å². The SMILES string of the molecule is CC1(C)c2cccc(-c3c4ccccc4c(-c4ccccc4-c4ccccc4)c4ccccc34)c2-c2c1ccc1ccccc21. The molecule has 0 aliphatic heterocycles. The summed E-state index contributed by atoms with van der Waals surface area (Å²) in [6, 6.07) is 58.2. The Morgan fingerprint density at radius 2 is 0.800 bits per heavy atom. The van der Waals surface area contributed by atoms with Crippen molar-refractivity contribution in [2.75, 3.05) is 0 Å². The monoisotopic (exact) mass is 572 g/mol. The van der Waals surface area contributed by atoms with E-state index in [9.17, 15) is 0 Å². The molecule has 0 N–H and O–H groups in total. The smallest absolute Gasteiger partial charge is 0.0159 e. The molecule has 8 aromatic carbocycles. The lowest BCUT2D eigenvalue weighted by atomic mass is 9.80. The molecule has 45 heavy (non-hydrogen) atoms. The first-order valence-corrected chi connectivity index (χ1v) is 15.9. The number of hydrogen-bond donors (Lipinski definition) is 0. The molecule has 1 aliphatic carbocycles. The van der Waals surface area contributed by atoms with Crippen LogP contribution in [0.15, 0.2) is 158 Å². The summed E-state index contributed by atoms with van der Waals surface area (Å²) in [7, 11) is 0. The Morgan fingerprint density at radius 3 is 1.47 bits per heavy atom. The summed E-state index contributed by atoms with van der Waals surface area (Å²) in [5.41, 5.74) is 13.1. The van der Waals surface area contributed by atoms with Crippen molar-refractivity contribution in [3.05, 3.63) is 169 Å². The van der Waals surface area contributed by atoms with E-state index < -0.39 is 0 Å². The second-order valence-electron chi connectivity index (χ2n) is 12.8. The first kappa shape index (κ1) is 26.0. The van der Waals surface area contributed by atoms with E-state index in [0.29, 0.717) is 0 Å². The van der Waals surface area contributed by atoms with Gasteiger partial charge in [-0.3, -0.25) is 0 Å². The Labute approximate surface area is 264 Å². The van der Waals surface area contributed by atoms with Gasteiger partial charge in [0.15, 0.2) is 0 Å². The Bertz CT molecular complexity index is 2390. The van der Waals surface area contributed by atoms with Gasteiger partial charge in [-0.05, 0) is 88.0 Å². The van der Waals surface area contributed by atoms with Crippen molar-refractivity contribution < 1.29 is 0 Å². The zero-order valence-corrected chi connectivity index (χ0v) is 25.5. The fourth-order valence-corrected chi connectivity index (χ4v) is 8.04. The van der Waals surface area contributed by atoms with Gasteiger partial charge in [-0.2, -0.15) is 0 Å². The van der Waals surface area contributed by atoms with Crippen LogP contribution in [0.5, 0.6) is 0 Å². The van der Waals surface area contributed by atoms with Gasteiger partial charge >= 0.3 is 0 Å². The van der Waals surface area contributed by atoms with Crippen LogP contribution in [-0.4, -0.2) is 0 Å². The second-order valence-corrected chi connectivity index (χ2v) is 12.8. The third kappa shape index (κ3) is 3.72. The quantitative estimate of drug-likeness (QED) is 0.185. The predicted molar refractivity (Wildman–Crippen MR) is 193 cm³/mol. The molecule has 9 rings (SSSR count). The highest BCUT2D eigenvalue weighted by molar-refractivity contribution is 6.24. The highest BCUT2D eigenvalue weighted by Crippen LogP contribution is 2.56. The standard InChI is InChI=1S/C45H32/c1-45(2)39-26-14-25-38(44(39)43-32-19-7-6-17-30(32)27-28-40(43)45)42-36-23-12-10-21-34(36)41(35-22-11-13-24-37(35)42)33-20-9-8-18-31(33)29-15-4-3-5-16-29/h3-28H,1-2H3. The van der Waals surface area contributed by atoms with Crippen LogP contribution in [0.1, 0.15) is 25.0 Å². The Morgan fingerprint density at radius 1 is 0.311 bits per heavy atom. The van der Waals surface area contributed by atoms with E-state index in [4.69, 9.17) is 0 Å². The molecule has 0 saturated carbocycles. The first-order valence-electron chi connectivity index (χ1n) is 15.9. The fourth-order valence-electron chi connectivity index (χ4n) is 8.04. The number of benzene rings is 8. The van der Waals surface area contributed by atoms with Crippen molar-refractivity contribution in [2.24, 2.45) is 0 Å². The molecular formula is C45H32. The third-order valence-electron chi connectivity index (χ3n) is 10.1. The second kappa shape index (κ2) is 9.78. The lowest BCUT2D eigenvalue weighted by molar-refractivity contribution is 0.661. The molecule has 0 heteroatoms. The summed E-state index contributed by atoms with van der Waals surface area (Å²) < 4.78 is 0. The molecule has 0 spiro atoms. The van der Waals surface area contributed by atoms with Gasteiger partial charge in [-0.1, -0.05) is 172 Å². The largest absolute Gasteiger partial charge is 0.0622 e. The van der Waals surface area contributed by atoms with Crippen molar-refractivity contribution in [3.63, 3.8) is 0 Å². The molecule has 0 bridgehead atoms. The van der Waals surface area contributed by atoms with Crippen molar-refractivity contribution in [3.8, 4) is 44.5 Å². The van der Waals surface area contributed by atoms with Gasteiger partial charge in [0.25, 0.3) is 0 Å². The maximum Gasteiger partial charge on any atom is 0.0159 e. The average molecular weight is 573 g/mol. The van der Waals surface area contributed by atoms with E-state index >= 15 is 0 Å². The molecular weight excluding hydrogens is 540 g/mol. The third-order valence-corrected chi connectivity index (χ3v) is 10.1. The molecule has 0 heterocycles. The van der Waals surface area contributed by atoms with E-state index in [0.717, 1.165) is 0 Å². The molecule has 1 aliphatic rings. The van der Waals surface area contributed by atoms with E-state index in [2.05, 4.69) is 172 Å². The van der Waals surface area contributed by atoms with Crippen LogP contribution < -0.4 is 0 Å². The van der Waals surface area contributed by atoms with Crippen molar-refractivity contribution in [1.82, 2.24) is 0 Å². The van der Waals surface area contributed by atoms with Crippen LogP contribution in [-0.2, 0) is 5.41 Å².